The number of carbonyl (C=O) groups is 2. The summed E-state index contributed by atoms with van der Waals surface area (Å²) in [6.45, 7) is 1.79. The summed E-state index contributed by atoms with van der Waals surface area (Å²) in [5.41, 5.74) is -0.222. The molecule has 1 aromatic carbocycles. The molecule has 0 saturated carbocycles. The van der Waals surface area contributed by atoms with Crippen molar-refractivity contribution in [2.45, 2.75) is 18.9 Å². The first-order chi connectivity index (χ1) is 9.95. The first-order valence-corrected chi connectivity index (χ1v) is 6.74. The highest BCUT2D eigenvalue weighted by molar-refractivity contribution is 5.93. The van der Waals surface area contributed by atoms with E-state index in [0.717, 1.165) is 38.1 Å². The second-order valence-corrected chi connectivity index (χ2v) is 5.20. The van der Waals surface area contributed by atoms with Crippen LogP contribution < -0.4 is 10.6 Å². The largest absolute Gasteiger partial charge is 0.478 e. The Hall–Kier alpha value is -2.15. The van der Waals surface area contributed by atoms with E-state index >= 15 is 0 Å². The van der Waals surface area contributed by atoms with Crippen molar-refractivity contribution in [1.82, 2.24) is 10.2 Å². The third kappa shape index (κ3) is 4.16. The number of hydrogen-bond donors (Lipinski definition) is 3. The lowest BCUT2D eigenvalue weighted by Crippen LogP contribution is -2.47. The quantitative estimate of drug-likeness (QED) is 0.793. The van der Waals surface area contributed by atoms with Gasteiger partial charge >= 0.3 is 12.0 Å². The number of urea groups is 1. The molecule has 0 spiro atoms. The van der Waals surface area contributed by atoms with E-state index < -0.39 is 23.4 Å². The number of nitrogens with one attached hydrogen (secondary N) is 2. The van der Waals surface area contributed by atoms with E-state index in [-0.39, 0.29) is 11.7 Å². The Morgan fingerprint density at radius 1 is 1.43 bits per heavy atom. The molecule has 1 aliphatic rings. The first-order valence-electron chi connectivity index (χ1n) is 6.74. The third-order valence-electron chi connectivity index (χ3n) is 3.41. The van der Waals surface area contributed by atoms with Crippen molar-refractivity contribution in [3.05, 3.63) is 29.6 Å². The summed E-state index contributed by atoms with van der Waals surface area (Å²) < 4.78 is 13.3. The van der Waals surface area contributed by atoms with Gasteiger partial charge in [0.1, 0.15) is 5.82 Å². The van der Waals surface area contributed by atoms with E-state index in [1.54, 1.807) is 0 Å². The van der Waals surface area contributed by atoms with Gasteiger partial charge in [0, 0.05) is 18.3 Å². The maximum absolute atomic E-state index is 13.3. The second-order valence-electron chi connectivity index (χ2n) is 5.20. The standard InChI is InChI=1S/C14H18FN3O3/c1-18-6-2-3-10(8-18)17-14(21)16-9-4-5-12(15)11(7-9)13(19)20/h4-5,7,10H,2-3,6,8H2,1H3,(H,19,20)(H2,16,17,21). The van der Waals surface area contributed by atoms with E-state index in [0.29, 0.717) is 0 Å². The van der Waals surface area contributed by atoms with Crippen molar-refractivity contribution < 1.29 is 19.1 Å². The van der Waals surface area contributed by atoms with Crippen LogP contribution in [0.1, 0.15) is 23.2 Å². The molecule has 114 valence electrons. The fourth-order valence-electron chi connectivity index (χ4n) is 2.40. The molecule has 1 aliphatic heterocycles. The first kappa shape index (κ1) is 15.2. The van der Waals surface area contributed by atoms with Crippen molar-refractivity contribution in [3.8, 4) is 0 Å². The molecule has 21 heavy (non-hydrogen) atoms. The number of anilines is 1. The van der Waals surface area contributed by atoms with Crippen LogP contribution in [0.2, 0.25) is 0 Å². The fourth-order valence-corrected chi connectivity index (χ4v) is 2.40. The van der Waals surface area contributed by atoms with Crippen LogP contribution in [0.3, 0.4) is 0 Å². The van der Waals surface area contributed by atoms with E-state index in [9.17, 15) is 14.0 Å². The number of halogens is 1. The Balaban J connectivity index is 1.96. The average Bonchev–Trinajstić information content (AvgIpc) is 2.40. The number of likely N-dealkylation sites (N-methyl/N-ethyl adjacent to an activating group) is 1. The molecular formula is C14H18FN3O3. The Morgan fingerprint density at radius 2 is 2.19 bits per heavy atom. The molecule has 0 aromatic heterocycles. The van der Waals surface area contributed by atoms with E-state index in [1.165, 1.54) is 6.07 Å². The van der Waals surface area contributed by atoms with Gasteiger partial charge in [-0.15, -0.1) is 0 Å². The zero-order valence-electron chi connectivity index (χ0n) is 11.7. The average molecular weight is 295 g/mol. The lowest BCUT2D eigenvalue weighted by Gasteiger charge is -2.30. The predicted molar refractivity (Wildman–Crippen MR) is 76.0 cm³/mol. The van der Waals surface area contributed by atoms with Crippen LogP contribution in [-0.4, -0.2) is 48.2 Å². The molecule has 1 aromatic rings. The normalized spacial score (nSPS) is 19.0. The summed E-state index contributed by atoms with van der Waals surface area (Å²) in [6.07, 6.45) is 1.92. The number of rotatable bonds is 3. The highest BCUT2D eigenvalue weighted by Crippen LogP contribution is 2.15. The van der Waals surface area contributed by atoms with Crippen LogP contribution >= 0.6 is 0 Å². The lowest BCUT2D eigenvalue weighted by atomic mass is 10.1. The Labute approximate surface area is 121 Å². The minimum Gasteiger partial charge on any atom is -0.478 e. The molecule has 1 saturated heterocycles. The summed E-state index contributed by atoms with van der Waals surface area (Å²) in [5.74, 6) is -2.20. The van der Waals surface area contributed by atoms with Crippen LogP contribution in [0.25, 0.3) is 0 Å². The Morgan fingerprint density at radius 3 is 2.86 bits per heavy atom. The highest BCUT2D eigenvalue weighted by atomic mass is 19.1. The molecule has 6 nitrogen and oxygen atoms in total. The van der Waals surface area contributed by atoms with Crippen LogP contribution in [-0.2, 0) is 0 Å². The second kappa shape index (κ2) is 6.53. The summed E-state index contributed by atoms with van der Waals surface area (Å²) >= 11 is 0. The number of piperidine rings is 1. The molecule has 2 amide bonds. The summed E-state index contributed by atoms with van der Waals surface area (Å²) in [6, 6.07) is 3.09. The number of nitrogens with zero attached hydrogens (tertiary/aromatic N) is 1. The SMILES string of the molecule is CN1CCCC(NC(=O)Nc2ccc(F)c(C(=O)O)c2)C1. The molecule has 0 radical (unpaired) electrons. The van der Waals surface area contributed by atoms with Gasteiger partial charge in [-0.3, -0.25) is 0 Å². The zero-order valence-corrected chi connectivity index (χ0v) is 11.7. The molecule has 1 heterocycles. The van der Waals surface area contributed by atoms with Gasteiger partial charge in [0.2, 0.25) is 0 Å². The van der Waals surface area contributed by atoms with Gasteiger partial charge < -0.3 is 20.6 Å². The number of aromatic carboxylic acids is 1. The van der Waals surface area contributed by atoms with Gasteiger partial charge in [0.15, 0.2) is 0 Å². The van der Waals surface area contributed by atoms with Gasteiger partial charge in [-0.2, -0.15) is 0 Å². The van der Waals surface area contributed by atoms with Crippen LogP contribution in [0.15, 0.2) is 18.2 Å². The molecule has 1 atom stereocenters. The molecule has 3 N–H and O–H groups in total. The van der Waals surface area contributed by atoms with Gasteiger partial charge in [0.25, 0.3) is 0 Å². The monoisotopic (exact) mass is 295 g/mol. The van der Waals surface area contributed by atoms with Crippen molar-refractivity contribution in [1.29, 1.82) is 0 Å². The molecule has 1 unspecified atom stereocenters. The highest BCUT2D eigenvalue weighted by Gasteiger charge is 2.19. The number of benzene rings is 1. The van der Waals surface area contributed by atoms with E-state index in [1.807, 2.05) is 7.05 Å². The smallest absolute Gasteiger partial charge is 0.338 e. The number of carbonyl (C=O) groups excluding carboxylic acids is 1. The van der Waals surface area contributed by atoms with Crippen molar-refractivity contribution >= 4 is 17.7 Å². The van der Waals surface area contributed by atoms with Gasteiger partial charge in [-0.25, -0.2) is 14.0 Å². The third-order valence-corrected chi connectivity index (χ3v) is 3.41. The number of carboxylic acid groups (broad SMARTS) is 1. The predicted octanol–water partition coefficient (Wildman–Crippen LogP) is 1.74. The molecule has 7 heteroatoms. The van der Waals surface area contributed by atoms with Gasteiger partial charge in [-0.05, 0) is 44.6 Å². The van der Waals surface area contributed by atoms with Gasteiger partial charge in [-0.1, -0.05) is 0 Å². The summed E-state index contributed by atoms with van der Waals surface area (Å²) in [4.78, 5) is 24.8. The molecule has 0 bridgehead atoms. The van der Waals surface area contributed by atoms with Crippen molar-refractivity contribution in [2.24, 2.45) is 0 Å². The van der Waals surface area contributed by atoms with Crippen molar-refractivity contribution in [2.75, 3.05) is 25.5 Å². The van der Waals surface area contributed by atoms with Crippen molar-refractivity contribution in [3.63, 3.8) is 0 Å². The minimum absolute atomic E-state index is 0.0585. The van der Waals surface area contributed by atoms with E-state index in [4.69, 9.17) is 5.11 Å². The zero-order chi connectivity index (χ0) is 15.4. The number of amides is 2. The fraction of sp³-hybridized carbons (Fsp3) is 0.429. The maximum atomic E-state index is 13.3. The Kier molecular flexibility index (Phi) is 4.74. The number of carboxylic acids is 1. The minimum atomic E-state index is -1.37. The maximum Gasteiger partial charge on any atom is 0.338 e. The van der Waals surface area contributed by atoms with E-state index in [2.05, 4.69) is 15.5 Å². The summed E-state index contributed by atoms with van der Waals surface area (Å²) in [5, 5.41) is 14.2. The van der Waals surface area contributed by atoms with Crippen LogP contribution in [0.4, 0.5) is 14.9 Å². The Bertz CT molecular complexity index is 550. The molecule has 0 aliphatic carbocycles. The lowest BCUT2D eigenvalue weighted by molar-refractivity contribution is 0.0692. The van der Waals surface area contributed by atoms with Gasteiger partial charge in [0.05, 0.1) is 5.56 Å². The molecule has 1 fully saturated rings. The van der Waals surface area contributed by atoms with Crippen LogP contribution in [0.5, 0.6) is 0 Å². The van der Waals surface area contributed by atoms with Crippen LogP contribution in [0, 0.1) is 5.82 Å². The summed E-state index contributed by atoms with van der Waals surface area (Å²) in [7, 11) is 1.99. The number of hydrogen-bond acceptors (Lipinski definition) is 3. The number of likely N-dealkylation sites (tertiary alicyclic amines) is 1. The topological polar surface area (TPSA) is 81.7 Å². The molecule has 2 rings (SSSR count). The molecular weight excluding hydrogens is 277 g/mol.